The molecule has 1 aliphatic heterocycles. The van der Waals surface area contributed by atoms with Crippen molar-refractivity contribution in [3.8, 4) is 0 Å². The number of anilines is 2. The molecule has 0 radical (unpaired) electrons. The first-order chi connectivity index (χ1) is 6.68. The van der Waals surface area contributed by atoms with E-state index in [1.165, 1.54) is 0 Å². The van der Waals surface area contributed by atoms with Gasteiger partial charge in [0.15, 0.2) is 0 Å². The molecule has 0 spiro atoms. The van der Waals surface area contributed by atoms with Gasteiger partial charge in [0.2, 0.25) is 5.91 Å². The summed E-state index contributed by atoms with van der Waals surface area (Å²) < 4.78 is 0. The van der Waals surface area contributed by atoms with E-state index < -0.39 is 0 Å². The smallest absolute Gasteiger partial charge is 0.228 e. The van der Waals surface area contributed by atoms with Gasteiger partial charge in [0.25, 0.3) is 0 Å². The number of para-hydroxylation sites is 2. The summed E-state index contributed by atoms with van der Waals surface area (Å²) in [4.78, 5) is 13.6. The number of nitrogens with zero attached hydrogens (tertiary/aromatic N) is 1. The molecule has 1 amide bonds. The predicted octanol–water partition coefficient (Wildman–Crippen LogP) is 1.77. The molecule has 0 saturated carbocycles. The van der Waals surface area contributed by atoms with Gasteiger partial charge < -0.3 is 10.6 Å². The van der Waals surface area contributed by atoms with Gasteiger partial charge in [-0.05, 0) is 12.1 Å². The second-order valence-corrected chi connectivity index (χ2v) is 4.66. The van der Waals surface area contributed by atoms with Crippen LogP contribution in [0.25, 0.3) is 0 Å². The van der Waals surface area contributed by atoms with E-state index in [-0.39, 0.29) is 10.7 Å². The molecule has 0 bridgehead atoms. The Hall–Kier alpha value is -1.03. The lowest BCUT2D eigenvalue weighted by atomic mass is 10.2. The largest absolute Gasteiger partial charge is 0.397 e. The first-order valence-corrected chi connectivity index (χ1v) is 5.39. The van der Waals surface area contributed by atoms with Crippen molar-refractivity contribution < 1.29 is 4.79 Å². The van der Waals surface area contributed by atoms with Crippen LogP contribution in [0.5, 0.6) is 0 Å². The molecule has 1 aliphatic rings. The van der Waals surface area contributed by atoms with Crippen molar-refractivity contribution in [3.05, 3.63) is 24.3 Å². The molecule has 14 heavy (non-hydrogen) atoms. The summed E-state index contributed by atoms with van der Waals surface area (Å²) in [6.07, 6.45) is 0.550. The Morgan fingerprint density at radius 2 is 2.14 bits per heavy atom. The van der Waals surface area contributed by atoms with Crippen LogP contribution < -0.4 is 10.6 Å². The second-order valence-electron chi connectivity index (χ2n) is 3.36. The summed E-state index contributed by atoms with van der Waals surface area (Å²) in [5.74, 6) is 0.129. The van der Waals surface area contributed by atoms with Gasteiger partial charge >= 0.3 is 0 Å². The van der Waals surface area contributed by atoms with Crippen LogP contribution in [-0.2, 0) is 4.79 Å². The molecule has 2 rings (SSSR count). The zero-order valence-corrected chi connectivity index (χ0v) is 9.20. The monoisotopic (exact) mass is 254 g/mol. The third-order valence-corrected chi connectivity index (χ3v) is 2.92. The van der Waals surface area contributed by atoms with Crippen molar-refractivity contribution in [2.24, 2.45) is 0 Å². The third kappa shape index (κ3) is 1.62. The minimum atomic E-state index is 0.129. The first kappa shape index (κ1) is 9.52. The van der Waals surface area contributed by atoms with E-state index in [2.05, 4.69) is 15.9 Å². The maximum absolute atomic E-state index is 11.6. The van der Waals surface area contributed by atoms with Crippen molar-refractivity contribution >= 4 is 33.2 Å². The summed E-state index contributed by atoms with van der Waals surface area (Å²) in [5.41, 5.74) is 7.27. The zero-order valence-electron chi connectivity index (χ0n) is 7.61. The van der Waals surface area contributed by atoms with E-state index in [0.717, 1.165) is 5.69 Å². The number of hydrogen-bond acceptors (Lipinski definition) is 2. The van der Waals surface area contributed by atoms with E-state index in [1.54, 1.807) is 4.90 Å². The van der Waals surface area contributed by atoms with Crippen molar-refractivity contribution in [2.75, 3.05) is 17.2 Å². The van der Waals surface area contributed by atoms with E-state index in [1.807, 2.05) is 24.3 Å². The van der Waals surface area contributed by atoms with Gasteiger partial charge in [0, 0.05) is 17.8 Å². The van der Waals surface area contributed by atoms with Gasteiger partial charge in [-0.15, -0.1) is 0 Å². The van der Waals surface area contributed by atoms with Gasteiger partial charge in [0.1, 0.15) is 0 Å². The van der Waals surface area contributed by atoms with Crippen molar-refractivity contribution in [1.29, 1.82) is 0 Å². The number of hydrogen-bond donors (Lipinski definition) is 1. The highest BCUT2D eigenvalue weighted by atomic mass is 79.9. The van der Waals surface area contributed by atoms with E-state index in [9.17, 15) is 4.79 Å². The Labute approximate surface area is 91.0 Å². The molecule has 2 N–H and O–H groups in total. The average Bonchev–Trinajstić information content (AvgIpc) is 2.46. The van der Waals surface area contributed by atoms with Gasteiger partial charge in [-0.3, -0.25) is 4.79 Å². The molecule has 1 heterocycles. The Morgan fingerprint density at radius 3 is 2.71 bits per heavy atom. The van der Waals surface area contributed by atoms with Gasteiger partial charge in [-0.1, -0.05) is 28.1 Å². The fourth-order valence-corrected chi connectivity index (χ4v) is 2.20. The summed E-state index contributed by atoms with van der Waals surface area (Å²) in [6, 6.07) is 7.44. The van der Waals surface area contributed by atoms with Crippen LogP contribution in [0.4, 0.5) is 11.4 Å². The quantitative estimate of drug-likeness (QED) is 0.614. The average molecular weight is 255 g/mol. The molecule has 0 aliphatic carbocycles. The van der Waals surface area contributed by atoms with Gasteiger partial charge in [-0.25, -0.2) is 0 Å². The van der Waals surface area contributed by atoms with Crippen LogP contribution >= 0.6 is 15.9 Å². The molecule has 4 heteroatoms. The SMILES string of the molecule is Nc1ccccc1N1CC(Br)CC1=O. The number of alkyl halides is 1. The van der Waals surface area contributed by atoms with Crippen LogP contribution in [0.2, 0.25) is 0 Å². The molecule has 1 aromatic carbocycles. The fourth-order valence-electron chi connectivity index (χ4n) is 1.63. The lowest BCUT2D eigenvalue weighted by molar-refractivity contribution is -0.117. The number of nitrogens with two attached hydrogens (primary N) is 1. The minimum absolute atomic E-state index is 0.129. The highest BCUT2D eigenvalue weighted by Gasteiger charge is 2.29. The molecule has 3 nitrogen and oxygen atoms in total. The number of amides is 1. The lowest BCUT2D eigenvalue weighted by Gasteiger charge is -2.17. The highest BCUT2D eigenvalue weighted by molar-refractivity contribution is 9.09. The summed E-state index contributed by atoms with van der Waals surface area (Å²) in [7, 11) is 0. The topological polar surface area (TPSA) is 46.3 Å². The minimum Gasteiger partial charge on any atom is -0.397 e. The Kier molecular flexibility index (Phi) is 2.46. The molecular formula is C10H11BrN2O. The Bertz CT molecular complexity index is 367. The number of benzene rings is 1. The maximum Gasteiger partial charge on any atom is 0.228 e. The Balaban J connectivity index is 2.32. The van der Waals surface area contributed by atoms with Crippen molar-refractivity contribution in [2.45, 2.75) is 11.2 Å². The lowest BCUT2D eigenvalue weighted by Crippen LogP contribution is -2.25. The maximum atomic E-state index is 11.6. The van der Waals surface area contributed by atoms with Gasteiger partial charge in [0.05, 0.1) is 11.4 Å². The molecule has 1 aromatic rings. The molecule has 74 valence electrons. The number of nitrogen functional groups attached to an aromatic ring is 1. The number of rotatable bonds is 1. The summed E-state index contributed by atoms with van der Waals surface area (Å²) in [5, 5.41) is 0. The van der Waals surface area contributed by atoms with Gasteiger partial charge in [-0.2, -0.15) is 0 Å². The zero-order chi connectivity index (χ0) is 10.1. The molecule has 0 aromatic heterocycles. The van der Waals surface area contributed by atoms with E-state index in [0.29, 0.717) is 18.7 Å². The van der Waals surface area contributed by atoms with E-state index in [4.69, 9.17) is 5.73 Å². The van der Waals surface area contributed by atoms with Crippen molar-refractivity contribution in [3.63, 3.8) is 0 Å². The third-order valence-electron chi connectivity index (χ3n) is 2.31. The molecular weight excluding hydrogens is 244 g/mol. The predicted molar refractivity (Wildman–Crippen MR) is 60.5 cm³/mol. The summed E-state index contributed by atoms with van der Waals surface area (Å²) in [6.45, 7) is 0.701. The number of halogens is 1. The van der Waals surface area contributed by atoms with E-state index >= 15 is 0 Å². The van der Waals surface area contributed by atoms with Crippen LogP contribution in [0, 0.1) is 0 Å². The molecule has 1 saturated heterocycles. The second kappa shape index (κ2) is 3.61. The Morgan fingerprint density at radius 1 is 1.43 bits per heavy atom. The highest BCUT2D eigenvalue weighted by Crippen LogP contribution is 2.29. The molecule has 1 unspecified atom stereocenters. The van der Waals surface area contributed by atoms with Crippen LogP contribution in [0.1, 0.15) is 6.42 Å². The fraction of sp³-hybridized carbons (Fsp3) is 0.300. The number of carbonyl (C=O) groups excluding carboxylic acids is 1. The van der Waals surface area contributed by atoms with Crippen LogP contribution in [-0.4, -0.2) is 17.3 Å². The molecule has 1 atom stereocenters. The van der Waals surface area contributed by atoms with Crippen molar-refractivity contribution in [1.82, 2.24) is 0 Å². The van der Waals surface area contributed by atoms with Crippen LogP contribution in [0.3, 0.4) is 0 Å². The number of carbonyl (C=O) groups is 1. The summed E-state index contributed by atoms with van der Waals surface area (Å²) >= 11 is 3.44. The first-order valence-electron chi connectivity index (χ1n) is 4.47. The standard InChI is InChI=1S/C10H11BrN2O/c11-7-5-10(14)13(6-7)9-4-2-1-3-8(9)12/h1-4,7H,5-6,12H2. The van der Waals surface area contributed by atoms with Crippen LogP contribution in [0.15, 0.2) is 24.3 Å². The normalized spacial score (nSPS) is 21.6. The molecule has 1 fully saturated rings.